The number of hydrogen-bond acceptors (Lipinski definition) is 5. The molecular weight excluding hydrogens is 379 g/mol. The zero-order valence-electron chi connectivity index (χ0n) is 15.1. The molecule has 0 atom stereocenters. The fourth-order valence-corrected chi connectivity index (χ4v) is 2.50. The van der Waals surface area contributed by atoms with Crippen LogP contribution in [-0.4, -0.2) is 40.1 Å². The Morgan fingerprint density at radius 2 is 1.93 bits per heavy atom. The normalized spacial score (nSPS) is 11.4. The third-order valence-electron chi connectivity index (χ3n) is 3.92. The van der Waals surface area contributed by atoms with Crippen molar-refractivity contribution >= 4 is 11.7 Å². The maximum atomic E-state index is 12.7. The van der Waals surface area contributed by atoms with Crippen LogP contribution in [0, 0.1) is 0 Å². The zero-order valence-corrected chi connectivity index (χ0v) is 15.1. The number of H-pyrrole nitrogens is 1. The second-order valence-electron chi connectivity index (χ2n) is 5.72. The molecule has 3 aromatic rings. The number of carbonyl (C=O) groups is 1. The van der Waals surface area contributed by atoms with E-state index in [0.717, 1.165) is 10.7 Å². The minimum atomic E-state index is -4.61. The lowest BCUT2D eigenvalue weighted by Gasteiger charge is -2.08. The van der Waals surface area contributed by atoms with Gasteiger partial charge in [0, 0.05) is 18.7 Å². The Labute approximate surface area is 157 Å². The van der Waals surface area contributed by atoms with E-state index in [9.17, 15) is 18.0 Å². The first kappa shape index (κ1) is 19.3. The minimum Gasteiger partial charge on any atom is -0.497 e. The number of ether oxygens (including phenoxy) is 2. The van der Waals surface area contributed by atoms with Crippen molar-refractivity contribution in [1.82, 2.24) is 20.0 Å². The first-order chi connectivity index (χ1) is 13.2. The summed E-state index contributed by atoms with van der Waals surface area (Å²) in [6.07, 6.45) is -4.61. The molecule has 0 unspecified atom stereocenters. The monoisotopic (exact) mass is 395 g/mol. The summed E-state index contributed by atoms with van der Waals surface area (Å²) in [5.74, 6) is 0.297. The van der Waals surface area contributed by atoms with Gasteiger partial charge in [0.25, 0.3) is 5.91 Å². The number of halogens is 3. The van der Waals surface area contributed by atoms with E-state index in [4.69, 9.17) is 9.47 Å². The number of amides is 1. The number of aromatic amines is 1. The Balaban J connectivity index is 1.85. The molecule has 0 radical (unpaired) electrons. The van der Waals surface area contributed by atoms with Gasteiger partial charge in [0.15, 0.2) is 11.4 Å². The summed E-state index contributed by atoms with van der Waals surface area (Å²) >= 11 is 0. The molecule has 2 N–H and O–H groups in total. The van der Waals surface area contributed by atoms with E-state index in [1.807, 2.05) is 0 Å². The Kier molecular flexibility index (Phi) is 4.99. The number of rotatable bonds is 5. The summed E-state index contributed by atoms with van der Waals surface area (Å²) in [4.78, 5) is 12.4. The number of alkyl halides is 3. The summed E-state index contributed by atoms with van der Waals surface area (Å²) in [5.41, 5.74) is -0.0426. The Hall–Kier alpha value is -3.50. The van der Waals surface area contributed by atoms with Gasteiger partial charge in [-0.1, -0.05) is 0 Å². The van der Waals surface area contributed by atoms with Gasteiger partial charge in [-0.25, -0.2) is 0 Å². The van der Waals surface area contributed by atoms with Gasteiger partial charge in [0.1, 0.15) is 17.3 Å². The molecule has 0 spiro atoms. The summed E-state index contributed by atoms with van der Waals surface area (Å²) < 4.78 is 49.6. The van der Waals surface area contributed by atoms with Gasteiger partial charge in [-0.05, 0) is 24.3 Å². The lowest BCUT2D eigenvalue weighted by atomic mass is 10.1. The third-order valence-corrected chi connectivity index (χ3v) is 3.92. The van der Waals surface area contributed by atoms with Crippen molar-refractivity contribution in [3.05, 3.63) is 41.7 Å². The average Bonchev–Trinajstić information content (AvgIpc) is 3.28. The Bertz CT molecular complexity index is 1010. The lowest BCUT2D eigenvalue weighted by Crippen LogP contribution is -2.14. The average molecular weight is 395 g/mol. The fraction of sp³-hybridized carbons (Fsp3) is 0.235. The van der Waals surface area contributed by atoms with E-state index in [0.29, 0.717) is 22.8 Å². The molecule has 0 bridgehead atoms. The van der Waals surface area contributed by atoms with E-state index in [1.54, 1.807) is 18.2 Å². The van der Waals surface area contributed by atoms with E-state index in [2.05, 4.69) is 20.6 Å². The Morgan fingerprint density at radius 1 is 1.18 bits per heavy atom. The SMILES string of the molecule is COc1ccc(OC)c(-c2cc(C(=O)Nc3cc(C(F)(F)F)nn3C)n[nH]2)c1. The van der Waals surface area contributed by atoms with Gasteiger partial charge < -0.3 is 14.8 Å². The highest BCUT2D eigenvalue weighted by Crippen LogP contribution is 2.33. The molecule has 1 aromatic carbocycles. The molecule has 2 heterocycles. The minimum absolute atomic E-state index is 0.0189. The molecule has 0 aliphatic heterocycles. The molecular formula is C17H16F3N5O3. The van der Waals surface area contributed by atoms with Crippen LogP contribution in [0.25, 0.3) is 11.3 Å². The smallest absolute Gasteiger partial charge is 0.435 e. The van der Waals surface area contributed by atoms with Crippen molar-refractivity contribution in [3.8, 4) is 22.8 Å². The van der Waals surface area contributed by atoms with Gasteiger partial charge in [-0.15, -0.1) is 0 Å². The largest absolute Gasteiger partial charge is 0.497 e. The second-order valence-corrected chi connectivity index (χ2v) is 5.72. The number of methoxy groups -OCH3 is 2. The summed E-state index contributed by atoms with van der Waals surface area (Å²) in [7, 11) is 4.30. The molecule has 0 saturated heterocycles. The van der Waals surface area contributed by atoms with Crippen LogP contribution < -0.4 is 14.8 Å². The molecule has 2 aromatic heterocycles. The first-order valence-corrected chi connectivity index (χ1v) is 7.93. The number of hydrogen-bond donors (Lipinski definition) is 2. The first-order valence-electron chi connectivity index (χ1n) is 7.93. The summed E-state index contributed by atoms with van der Waals surface area (Å²) in [6, 6.07) is 7.31. The van der Waals surface area contributed by atoms with Crippen LogP contribution in [0.15, 0.2) is 30.3 Å². The number of benzene rings is 1. The van der Waals surface area contributed by atoms with Crippen molar-refractivity contribution in [2.75, 3.05) is 19.5 Å². The maximum Gasteiger partial charge on any atom is 0.435 e. The Morgan fingerprint density at radius 3 is 2.54 bits per heavy atom. The zero-order chi connectivity index (χ0) is 20.5. The quantitative estimate of drug-likeness (QED) is 0.692. The van der Waals surface area contributed by atoms with Gasteiger partial charge >= 0.3 is 6.18 Å². The molecule has 28 heavy (non-hydrogen) atoms. The standard InChI is InChI=1S/C17H16F3N5O3/c1-25-15(8-14(24-25)17(18,19)20)21-16(26)12-7-11(22-23-12)10-6-9(27-2)4-5-13(10)28-3/h4-8H,1-3H3,(H,21,26)(H,22,23). The summed E-state index contributed by atoms with van der Waals surface area (Å²) in [5, 5.41) is 12.3. The lowest BCUT2D eigenvalue weighted by molar-refractivity contribution is -0.141. The molecule has 148 valence electrons. The highest BCUT2D eigenvalue weighted by molar-refractivity contribution is 6.03. The second kappa shape index (κ2) is 7.25. The fourth-order valence-electron chi connectivity index (χ4n) is 2.50. The van der Waals surface area contributed by atoms with Crippen molar-refractivity contribution in [3.63, 3.8) is 0 Å². The highest BCUT2D eigenvalue weighted by Gasteiger charge is 2.34. The number of aryl methyl sites for hydroxylation is 1. The van der Waals surface area contributed by atoms with Crippen LogP contribution in [0.5, 0.6) is 11.5 Å². The molecule has 0 aliphatic rings. The van der Waals surface area contributed by atoms with Crippen LogP contribution in [-0.2, 0) is 13.2 Å². The van der Waals surface area contributed by atoms with E-state index < -0.39 is 17.8 Å². The third kappa shape index (κ3) is 3.77. The predicted octanol–water partition coefficient (Wildman–Crippen LogP) is 3.10. The van der Waals surface area contributed by atoms with E-state index in [1.165, 1.54) is 27.3 Å². The highest BCUT2D eigenvalue weighted by atomic mass is 19.4. The van der Waals surface area contributed by atoms with Gasteiger partial charge in [-0.2, -0.15) is 23.4 Å². The topological polar surface area (TPSA) is 94.1 Å². The van der Waals surface area contributed by atoms with Crippen molar-refractivity contribution in [1.29, 1.82) is 0 Å². The summed E-state index contributed by atoms with van der Waals surface area (Å²) in [6.45, 7) is 0. The van der Waals surface area contributed by atoms with Crippen LogP contribution in [0.3, 0.4) is 0 Å². The van der Waals surface area contributed by atoms with Crippen LogP contribution in [0.2, 0.25) is 0 Å². The maximum absolute atomic E-state index is 12.7. The van der Waals surface area contributed by atoms with Gasteiger partial charge in [0.2, 0.25) is 0 Å². The molecule has 0 fully saturated rings. The van der Waals surface area contributed by atoms with Gasteiger partial charge in [0.05, 0.1) is 19.9 Å². The number of anilines is 1. The molecule has 3 rings (SSSR count). The molecule has 0 saturated carbocycles. The van der Waals surface area contributed by atoms with Crippen LogP contribution >= 0.6 is 0 Å². The number of carbonyl (C=O) groups excluding carboxylic acids is 1. The van der Waals surface area contributed by atoms with Crippen molar-refractivity contribution in [2.45, 2.75) is 6.18 Å². The van der Waals surface area contributed by atoms with Gasteiger partial charge in [-0.3, -0.25) is 14.6 Å². The van der Waals surface area contributed by atoms with Crippen LogP contribution in [0.4, 0.5) is 19.0 Å². The molecule has 1 amide bonds. The van der Waals surface area contributed by atoms with Crippen molar-refractivity contribution in [2.24, 2.45) is 7.05 Å². The number of aromatic nitrogens is 4. The van der Waals surface area contributed by atoms with E-state index in [-0.39, 0.29) is 11.5 Å². The van der Waals surface area contributed by atoms with Crippen molar-refractivity contribution < 1.29 is 27.4 Å². The van der Waals surface area contributed by atoms with Crippen LogP contribution in [0.1, 0.15) is 16.2 Å². The predicted molar refractivity (Wildman–Crippen MR) is 93.3 cm³/mol. The number of nitrogens with one attached hydrogen (secondary N) is 2. The molecule has 0 aliphatic carbocycles. The molecule has 8 nitrogen and oxygen atoms in total. The number of nitrogens with zero attached hydrogens (tertiary/aromatic N) is 3. The van der Waals surface area contributed by atoms with E-state index >= 15 is 0 Å². The molecule has 11 heteroatoms.